The van der Waals surface area contributed by atoms with Gasteiger partial charge in [0.1, 0.15) is 0 Å². The van der Waals surface area contributed by atoms with Crippen LogP contribution < -0.4 is 5.32 Å². The lowest BCUT2D eigenvalue weighted by molar-refractivity contribution is -0.138. The van der Waals surface area contributed by atoms with Gasteiger partial charge in [-0.25, -0.2) is 0 Å². The molecule has 1 aliphatic heterocycles. The highest BCUT2D eigenvalue weighted by Gasteiger charge is 2.36. The number of hydrogen-bond acceptors (Lipinski definition) is 3. The van der Waals surface area contributed by atoms with Gasteiger partial charge in [0.15, 0.2) is 0 Å². The van der Waals surface area contributed by atoms with Gasteiger partial charge in [0, 0.05) is 0 Å². The van der Waals surface area contributed by atoms with Crippen molar-refractivity contribution in [1.29, 1.82) is 0 Å². The van der Waals surface area contributed by atoms with Gasteiger partial charge in [0.05, 0.1) is 30.6 Å². The molecule has 0 spiro atoms. The molecule has 2 N–H and O–H groups in total. The minimum atomic E-state index is -0.942. The van der Waals surface area contributed by atoms with Gasteiger partial charge in [-0.2, -0.15) is 0 Å². The average molecular weight is 341 g/mol. The fraction of sp³-hybridized carbons (Fsp3) is 0.400. The fourth-order valence-electron chi connectivity index (χ4n) is 3.52. The monoisotopic (exact) mass is 341 g/mol. The fourth-order valence-corrected chi connectivity index (χ4v) is 3.52. The summed E-state index contributed by atoms with van der Waals surface area (Å²) >= 11 is 0. The summed E-state index contributed by atoms with van der Waals surface area (Å²) in [5.74, 6) is -1.33. The van der Waals surface area contributed by atoms with Crippen LogP contribution in [0, 0.1) is 5.92 Å². The van der Waals surface area contributed by atoms with Gasteiger partial charge >= 0.3 is 5.97 Å². The van der Waals surface area contributed by atoms with Crippen LogP contribution in [0.1, 0.15) is 38.3 Å². The first kappa shape index (κ1) is 17.4. The van der Waals surface area contributed by atoms with Crippen LogP contribution in [0.5, 0.6) is 0 Å². The number of carbonyl (C=O) groups is 2. The van der Waals surface area contributed by atoms with Crippen molar-refractivity contribution in [2.24, 2.45) is 5.92 Å². The molecule has 0 aromatic heterocycles. The third kappa shape index (κ3) is 3.99. The summed E-state index contributed by atoms with van der Waals surface area (Å²) in [5, 5.41) is 14.3. The molecule has 2 aromatic rings. The summed E-state index contributed by atoms with van der Waals surface area (Å²) in [7, 11) is 0. The number of nitrogens with one attached hydrogen (secondary N) is 1. The van der Waals surface area contributed by atoms with E-state index in [0.717, 1.165) is 16.3 Å². The predicted octanol–water partition coefficient (Wildman–Crippen LogP) is 3.29. The topological polar surface area (TPSA) is 75.6 Å². The van der Waals surface area contributed by atoms with Crippen molar-refractivity contribution in [3.63, 3.8) is 0 Å². The molecule has 5 nitrogen and oxygen atoms in total. The van der Waals surface area contributed by atoms with E-state index in [-0.39, 0.29) is 30.5 Å². The first-order chi connectivity index (χ1) is 11.9. The zero-order valence-electron chi connectivity index (χ0n) is 14.4. The van der Waals surface area contributed by atoms with Crippen molar-refractivity contribution in [2.75, 3.05) is 0 Å². The third-order valence-electron chi connectivity index (χ3n) is 4.81. The predicted molar refractivity (Wildman–Crippen MR) is 95.2 cm³/mol. The Hall–Kier alpha value is -2.40. The maximum atomic E-state index is 12.6. The zero-order chi connectivity index (χ0) is 18.0. The first-order valence-electron chi connectivity index (χ1n) is 8.60. The Balaban J connectivity index is 1.83. The molecule has 0 bridgehead atoms. The van der Waals surface area contributed by atoms with E-state index in [2.05, 4.69) is 5.32 Å². The van der Waals surface area contributed by atoms with Gasteiger partial charge in [-0.15, -0.1) is 0 Å². The molecule has 5 heteroatoms. The molecule has 0 aliphatic carbocycles. The Bertz CT molecular complexity index is 788. The van der Waals surface area contributed by atoms with Crippen LogP contribution in [0.25, 0.3) is 10.8 Å². The van der Waals surface area contributed by atoms with E-state index in [1.54, 1.807) is 0 Å². The Kier molecular flexibility index (Phi) is 5.04. The van der Waals surface area contributed by atoms with E-state index in [1.165, 1.54) is 0 Å². The van der Waals surface area contributed by atoms with Crippen molar-refractivity contribution in [3.05, 3.63) is 48.0 Å². The number of carbonyl (C=O) groups excluding carboxylic acids is 1. The highest BCUT2D eigenvalue weighted by Crippen LogP contribution is 2.28. The third-order valence-corrected chi connectivity index (χ3v) is 4.81. The summed E-state index contributed by atoms with van der Waals surface area (Å²) in [6.45, 7) is 3.83. The van der Waals surface area contributed by atoms with Crippen LogP contribution in [0.15, 0.2) is 42.5 Å². The van der Waals surface area contributed by atoms with Crippen LogP contribution in [0.2, 0.25) is 0 Å². The SMILES string of the molecule is CC1CC(C(=O)N[C@@H](CC(=O)O)c2ccc3ccccc3c2)C(C)O1. The molecule has 3 rings (SSSR count). The van der Waals surface area contributed by atoms with E-state index in [1.807, 2.05) is 56.3 Å². The summed E-state index contributed by atoms with van der Waals surface area (Å²) in [6, 6.07) is 13.1. The second kappa shape index (κ2) is 7.23. The molecule has 1 fully saturated rings. The Morgan fingerprint density at radius 2 is 1.92 bits per heavy atom. The van der Waals surface area contributed by atoms with Crippen LogP contribution in [-0.4, -0.2) is 29.2 Å². The van der Waals surface area contributed by atoms with E-state index in [9.17, 15) is 14.7 Å². The van der Waals surface area contributed by atoms with Gasteiger partial charge in [-0.3, -0.25) is 9.59 Å². The second-order valence-corrected chi connectivity index (χ2v) is 6.76. The van der Waals surface area contributed by atoms with Gasteiger partial charge in [0.25, 0.3) is 0 Å². The average Bonchev–Trinajstić information content (AvgIpc) is 2.92. The molecule has 2 aromatic carbocycles. The number of hydrogen-bond donors (Lipinski definition) is 2. The standard InChI is InChI=1S/C20H23NO4/c1-12-9-17(13(2)25-12)20(24)21-18(11-19(22)23)16-8-7-14-5-3-4-6-15(14)10-16/h3-8,10,12-13,17-18H,9,11H2,1-2H3,(H,21,24)(H,22,23)/t12?,13?,17?,18-/m0/s1. The minimum Gasteiger partial charge on any atom is -0.481 e. The van der Waals surface area contributed by atoms with Gasteiger partial charge in [-0.05, 0) is 42.7 Å². The van der Waals surface area contributed by atoms with E-state index >= 15 is 0 Å². The Morgan fingerprint density at radius 1 is 1.20 bits per heavy atom. The zero-order valence-corrected chi connectivity index (χ0v) is 14.4. The van der Waals surface area contributed by atoms with E-state index in [4.69, 9.17) is 4.74 Å². The largest absolute Gasteiger partial charge is 0.481 e. The van der Waals surface area contributed by atoms with Crippen LogP contribution in [0.3, 0.4) is 0 Å². The van der Waals surface area contributed by atoms with Crippen LogP contribution >= 0.6 is 0 Å². The quantitative estimate of drug-likeness (QED) is 0.875. The number of rotatable bonds is 5. The molecule has 4 atom stereocenters. The molecule has 0 radical (unpaired) electrons. The molecule has 1 amide bonds. The molecule has 1 aliphatic rings. The van der Waals surface area contributed by atoms with E-state index in [0.29, 0.717) is 6.42 Å². The summed E-state index contributed by atoms with van der Waals surface area (Å²) < 4.78 is 5.64. The van der Waals surface area contributed by atoms with Crippen molar-refractivity contribution >= 4 is 22.6 Å². The normalized spacial score (nSPS) is 24.2. The Labute approximate surface area is 147 Å². The molecule has 1 saturated heterocycles. The molecular formula is C20H23NO4. The molecule has 132 valence electrons. The summed E-state index contributed by atoms with van der Waals surface area (Å²) in [4.78, 5) is 23.9. The minimum absolute atomic E-state index is 0.0457. The number of carboxylic acid groups (broad SMARTS) is 1. The number of aliphatic carboxylic acids is 1. The maximum Gasteiger partial charge on any atom is 0.305 e. The highest BCUT2D eigenvalue weighted by molar-refractivity contribution is 5.84. The molecule has 0 saturated carbocycles. The number of benzene rings is 2. The molecular weight excluding hydrogens is 318 g/mol. The van der Waals surface area contributed by atoms with Crippen molar-refractivity contribution in [1.82, 2.24) is 5.32 Å². The highest BCUT2D eigenvalue weighted by atomic mass is 16.5. The first-order valence-corrected chi connectivity index (χ1v) is 8.60. The maximum absolute atomic E-state index is 12.6. The smallest absolute Gasteiger partial charge is 0.305 e. The second-order valence-electron chi connectivity index (χ2n) is 6.76. The van der Waals surface area contributed by atoms with Crippen molar-refractivity contribution in [2.45, 2.75) is 44.9 Å². The summed E-state index contributed by atoms with van der Waals surface area (Å²) in [6.07, 6.45) is 0.396. The lowest BCUT2D eigenvalue weighted by atomic mass is 9.96. The lowest BCUT2D eigenvalue weighted by Gasteiger charge is -2.21. The Morgan fingerprint density at radius 3 is 2.56 bits per heavy atom. The number of amides is 1. The number of carboxylic acids is 1. The molecule has 1 heterocycles. The van der Waals surface area contributed by atoms with Crippen molar-refractivity contribution in [3.8, 4) is 0 Å². The van der Waals surface area contributed by atoms with Gasteiger partial charge in [0.2, 0.25) is 5.91 Å². The van der Waals surface area contributed by atoms with Gasteiger partial charge < -0.3 is 15.2 Å². The number of fused-ring (bicyclic) bond motifs is 1. The van der Waals surface area contributed by atoms with Crippen molar-refractivity contribution < 1.29 is 19.4 Å². The summed E-state index contributed by atoms with van der Waals surface area (Å²) in [5.41, 5.74) is 0.800. The van der Waals surface area contributed by atoms with Crippen LogP contribution in [-0.2, 0) is 14.3 Å². The van der Waals surface area contributed by atoms with E-state index < -0.39 is 12.0 Å². The number of ether oxygens (including phenoxy) is 1. The lowest BCUT2D eigenvalue weighted by Crippen LogP contribution is -2.37. The van der Waals surface area contributed by atoms with Gasteiger partial charge in [-0.1, -0.05) is 36.4 Å². The molecule has 3 unspecified atom stereocenters. The molecule has 25 heavy (non-hydrogen) atoms. The van der Waals surface area contributed by atoms with Crippen LogP contribution in [0.4, 0.5) is 0 Å².